The van der Waals surface area contributed by atoms with Crippen molar-refractivity contribution < 1.29 is 4.79 Å². The van der Waals surface area contributed by atoms with Gasteiger partial charge in [-0.1, -0.05) is 18.2 Å². The van der Waals surface area contributed by atoms with Crippen LogP contribution >= 0.6 is 0 Å². The molecule has 0 unspecified atom stereocenters. The number of aromatic nitrogens is 1. The molecule has 88 valence electrons. The molecule has 0 radical (unpaired) electrons. The standard InChI is InChI=1S/C14H16N2O/c1-10-13(14(17)16-8-5-9-16)11-6-3-4-7-12(11)15(10)2/h3-4,6-7H,5,8-9H2,1-2H3. The molecule has 17 heavy (non-hydrogen) atoms. The highest BCUT2D eigenvalue weighted by molar-refractivity contribution is 6.08. The fourth-order valence-corrected chi connectivity index (χ4v) is 2.47. The second-order valence-electron chi connectivity index (χ2n) is 4.68. The number of likely N-dealkylation sites (tertiary alicyclic amines) is 1. The molecule has 1 fully saturated rings. The lowest BCUT2D eigenvalue weighted by molar-refractivity contribution is 0.0653. The molecular formula is C14H16N2O. The summed E-state index contributed by atoms with van der Waals surface area (Å²) in [5.41, 5.74) is 3.07. The van der Waals surface area contributed by atoms with E-state index in [1.54, 1.807) is 0 Å². The van der Waals surface area contributed by atoms with Gasteiger partial charge in [0.2, 0.25) is 0 Å². The third-order valence-corrected chi connectivity index (χ3v) is 3.76. The van der Waals surface area contributed by atoms with Crippen LogP contribution in [-0.2, 0) is 7.05 Å². The maximum Gasteiger partial charge on any atom is 0.256 e. The number of benzene rings is 1. The molecule has 1 aliphatic rings. The number of amides is 1. The van der Waals surface area contributed by atoms with Gasteiger partial charge in [-0.15, -0.1) is 0 Å². The van der Waals surface area contributed by atoms with E-state index < -0.39 is 0 Å². The summed E-state index contributed by atoms with van der Waals surface area (Å²) in [5.74, 6) is 0.186. The van der Waals surface area contributed by atoms with Crippen LogP contribution in [0, 0.1) is 6.92 Å². The molecule has 2 heterocycles. The molecule has 3 nitrogen and oxygen atoms in total. The first-order chi connectivity index (χ1) is 8.20. The Hall–Kier alpha value is -1.77. The highest BCUT2D eigenvalue weighted by Gasteiger charge is 2.26. The van der Waals surface area contributed by atoms with Crippen LogP contribution in [-0.4, -0.2) is 28.5 Å². The second-order valence-corrected chi connectivity index (χ2v) is 4.68. The molecule has 3 rings (SSSR count). The first kappa shape index (κ1) is 10.4. The third-order valence-electron chi connectivity index (χ3n) is 3.76. The Kier molecular flexibility index (Phi) is 2.21. The van der Waals surface area contributed by atoms with E-state index in [0.29, 0.717) is 0 Å². The van der Waals surface area contributed by atoms with E-state index in [-0.39, 0.29) is 5.91 Å². The summed E-state index contributed by atoms with van der Waals surface area (Å²) in [6.07, 6.45) is 1.13. The molecule has 1 aromatic heterocycles. The number of nitrogens with zero attached hydrogens (tertiary/aromatic N) is 2. The van der Waals surface area contributed by atoms with E-state index in [1.807, 2.05) is 37.1 Å². The maximum atomic E-state index is 12.4. The van der Waals surface area contributed by atoms with E-state index in [0.717, 1.165) is 41.7 Å². The van der Waals surface area contributed by atoms with Gasteiger partial charge in [0, 0.05) is 36.7 Å². The zero-order valence-corrected chi connectivity index (χ0v) is 10.2. The Balaban J connectivity index is 2.21. The molecule has 3 heteroatoms. The summed E-state index contributed by atoms with van der Waals surface area (Å²) < 4.78 is 2.10. The Labute approximate surface area is 101 Å². The summed E-state index contributed by atoms with van der Waals surface area (Å²) in [6, 6.07) is 8.11. The predicted molar refractivity (Wildman–Crippen MR) is 68.2 cm³/mol. The molecular weight excluding hydrogens is 212 g/mol. The third kappa shape index (κ3) is 1.38. The number of carbonyl (C=O) groups is 1. The Morgan fingerprint density at radius 1 is 1.24 bits per heavy atom. The number of aryl methyl sites for hydroxylation is 1. The average Bonchev–Trinajstić information content (AvgIpc) is 2.50. The van der Waals surface area contributed by atoms with Crippen LogP contribution in [0.2, 0.25) is 0 Å². The number of hydrogen-bond donors (Lipinski definition) is 0. The SMILES string of the molecule is Cc1c(C(=O)N2CCC2)c2ccccc2n1C. The summed E-state index contributed by atoms with van der Waals surface area (Å²) in [5, 5.41) is 1.07. The summed E-state index contributed by atoms with van der Waals surface area (Å²) in [7, 11) is 2.02. The van der Waals surface area contributed by atoms with Crippen molar-refractivity contribution in [2.75, 3.05) is 13.1 Å². The lowest BCUT2D eigenvalue weighted by Gasteiger charge is -2.31. The zero-order chi connectivity index (χ0) is 12.0. The van der Waals surface area contributed by atoms with Gasteiger partial charge in [0.1, 0.15) is 0 Å². The first-order valence-electron chi connectivity index (χ1n) is 6.03. The minimum absolute atomic E-state index is 0.186. The van der Waals surface area contributed by atoms with Crippen LogP contribution in [0.15, 0.2) is 24.3 Å². The number of rotatable bonds is 1. The number of carbonyl (C=O) groups excluding carboxylic acids is 1. The zero-order valence-electron chi connectivity index (χ0n) is 10.2. The van der Waals surface area contributed by atoms with Gasteiger partial charge in [-0.3, -0.25) is 4.79 Å². The van der Waals surface area contributed by atoms with Gasteiger partial charge in [-0.2, -0.15) is 0 Å². The molecule has 0 spiro atoms. The summed E-state index contributed by atoms with van der Waals surface area (Å²) >= 11 is 0. The molecule has 2 aromatic rings. The van der Waals surface area contributed by atoms with Crippen molar-refractivity contribution in [3.05, 3.63) is 35.5 Å². The molecule has 0 atom stereocenters. The van der Waals surface area contributed by atoms with Crippen LogP contribution in [0.3, 0.4) is 0 Å². The first-order valence-corrected chi connectivity index (χ1v) is 6.03. The topological polar surface area (TPSA) is 25.2 Å². The smallest absolute Gasteiger partial charge is 0.256 e. The van der Waals surface area contributed by atoms with Crippen molar-refractivity contribution in [2.24, 2.45) is 7.05 Å². The Bertz CT molecular complexity index is 594. The van der Waals surface area contributed by atoms with Gasteiger partial charge in [-0.25, -0.2) is 0 Å². The molecule has 1 aromatic carbocycles. The predicted octanol–water partition coefficient (Wildman–Crippen LogP) is 2.33. The molecule has 1 saturated heterocycles. The molecule has 0 saturated carbocycles. The van der Waals surface area contributed by atoms with Gasteiger partial charge in [0.25, 0.3) is 5.91 Å². The highest BCUT2D eigenvalue weighted by Crippen LogP contribution is 2.27. The van der Waals surface area contributed by atoms with Crippen molar-refractivity contribution in [1.82, 2.24) is 9.47 Å². The Morgan fingerprint density at radius 3 is 2.59 bits per heavy atom. The lowest BCUT2D eigenvalue weighted by atomic mass is 10.1. The summed E-state index contributed by atoms with van der Waals surface area (Å²) in [6.45, 7) is 3.83. The Morgan fingerprint density at radius 2 is 1.94 bits per heavy atom. The highest BCUT2D eigenvalue weighted by atomic mass is 16.2. The molecule has 0 N–H and O–H groups in total. The average molecular weight is 228 g/mol. The van der Waals surface area contributed by atoms with E-state index >= 15 is 0 Å². The number of para-hydroxylation sites is 1. The lowest BCUT2D eigenvalue weighted by Crippen LogP contribution is -2.42. The monoisotopic (exact) mass is 228 g/mol. The van der Waals surface area contributed by atoms with Crippen LogP contribution in [0.5, 0.6) is 0 Å². The van der Waals surface area contributed by atoms with E-state index in [9.17, 15) is 4.79 Å². The van der Waals surface area contributed by atoms with E-state index in [4.69, 9.17) is 0 Å². The second kappa shape index (κ2) is 3.62. The molecule has 0 bridgehead atoms. The molecule has 1 aliphatic heterocycles. The van der Waals surface area contributed by atoms with Crippen molar-refractivity contribution in [3.63, 3.8) is 0 Å². The van der Waals surface area contributed by atoms with Crippen molar-refractivity contribution in [1.29, 1.82) is 0 Å². The van der Waals surface area contributed by atoms with Crippen LogP contribution in [0.25, 0.3) is 10.9 Å². The fraction of sp³-hybridized carbons (Fsp3) is 0.357. The van der Waals surface area contributed by atoms with Gasteiger partial charge in [0.05, 0.1) is 5.56 Å². The minimum atomic E-state index is 0.186. The van der Waals surface area contributed by atoms with E-state index in [2.05, 4.69) is 10.6 Å². The van der Waals surface area contributed by atoms with Crippen LogP contribution in [0.4, 0.5) is 0 Å². The van der Waals surface area contributed by atoms with Crippen LogP contribution < -0.4 is 0 Å². The van der Waals surface area contributed by atoms with Gasteiger partial charge in [0.15, 0.2) is 0 Å². The molecule has 1 amide bonds. The minimum Gasteiger partial charge on any atom is -0.347 e. The van der Waals surface area contributed by atoms with E-state index in [1.165, 1.54) is 0 Å². The summed E-state index contributed by atoms with van der Waals surface area (Å²) in [4.78, 5) is 14.3. The van der Waals surface area contributed by atoms with Crippen molar-refractivity contribution in [3.8, 4) is 0 Å². The maximum absolute atomic E-state index is 12.4. The van der Waals surface area contributed by atoms with Crippen molar-refractivity contribution >= 4 is 16.8 Å². The molecule has 0 aliphatic carbocycles. The number of fused-ring (bicyclic) bond motifs is 1. The normalized spacial score (nSPS) is 15.1. The van der Waals surface area contributed by atoms with Crippen molar-refractivity contribution in [2.45, 2.75) is 13.3 Å². The fourth-order valence-electron chi connectivity index (χ4n) is 2.47. The van der Waals surface area contributed by atoms with Crippen LogP contribution in [0.1, 0.15) is 22.5 Å². The van der Waals surface area contributed by atoms with Gasteiger partial charge in [-0.05, 0) is 19.4 Å². The van der Waals surface area contributed by atoms with Gasteiger partial charge < -0.3 is 9.47 Å². The largest absolute Gasteiger partial charge is 0.347 e. The number of hydrogen-bond acceptors (Lipinski definition) is 1. The van der Waals surface area contributed by atoms with Gasteiger partial charge >= 0.3 is 0 Å². The quantitative estimate of drug-likeness (QED) is 0.735.